The topological polar surface area (TPSA) is 68.3 Å². The van der Waals surface area contributed by atoms with Gasteiger partial charge in [-0.2, -0.15) is 0 Å². The summed E-state index contributed by atoms with van der Waals surface area (Å²) in [7, 11) is -3.51. The van der Waals surface area contributed by atoms with E-state index in [1.54, 1.807) is 30.5 Å². The van der Waals surface area contributed by atoms with Crippen LogP contribution >= 0.6 is 11.3 Å². The van der Waals surface area contributed by atoms with E-state index in [2.05, 4.69) is 9.71 Å². The Balaban J connectivity index is 1.56. The summed E-state index contributed by atoms with van der Waals surface area (Å²) in [6.07, 6.45) is 1.66. The van der Waals surface area contributed by atoms with E-state index in [1.165, 1.54) is 35.6 Å². The Morgan fingerprint density at radius 1 is 1.04 bits per heavy atom. The van der Waals surface area contributed by atoms with Crippen LogP contribution in [0, 0.1) is 5.82 Å². The van der Waals surface area contributed by atoms with Crippen molar-refractivity contribution in [2.45, 2.75) is 12.3 Å². The number of nitrogens with one attached hydrogen (secondary N) is 1. The highest BCUT2D eigenvalue weighted by Gasteiger charge is 2.11. The van der Waals surface area contributed by atoms with Crippen LogP contribution in [0.5, 0.6) is 10.9 Å². The maximum absolute atomic E-state index is 12.9. The molecular weight excluding hydrogens is 363 g/mol. The summed E-state index contributed by atoms with van der Waals surface area (Å²) in [4.78, 5) is 4.03. The van der Waals surface area contributed by atoms with Crippen LogP contribution in [-0.2, 0) is 22.3 Å². The molecule has 0 saturated heterocycles. The predicted octanol–water partition coefficient (Wildman–Crippen LogP) is 3.69. The fraction of sp³-hybridized carbons (Fsp3) is 0.118. The van der Waals surface area contributed by atoms with Gasteiger partial charge in [-0.15, -0.1) is 0 Å². The summed E-state index contributed by atoms with van der Waals surface area (Å²) in [5.41, 5.74) is 1.33. The smallest absolute Gasteiger partial charge is 0.278 e. The third-order valence-corrected chi connectivity index (χ3v) is 5.25. The average molecular weight is 378 g/mol. The van der Waals surface area contributed by atoms with Gasteiger partial charge in [-0.25, -0.2) is 22.5 Å². The molecule has 1 aromatic heterocycles. The number of aromatic nitrogens is 1. The zero-order valence-corrected chi connectivity index (χ0v) is 14.7. The molecule has 3 rings (SSSR count). The maximum atomic E-state index is 12.9. The first-order valence-corrected chi connectivity index (χ1v) is 9.91. The number of benzene rings is 2. The molecule has 1 heterocycles. The Kier molecular flexibility index (Phi) is 5.42. The summed E-state index contributed by atoms with van der Waals surface area (Å²) < 4.78 is 45.1. The molecular formula is C17H15FN2O3S2. The standard InChI is InChI=1S/C17H15FN2O3S2/c18-15-5-1-14(2-6-15)12-25(21,22)20-11-13-3-7-16(8-4-13)23-17-19-9-10-24-17/h1-10,20H,11-12H2. The third-order valence-electron chi connectivity index (χ3n) is 3.30. The Morgan fingerprint density at radius 3 is 2.36 bits per heavy atom. The summed E-state index contributed by atoms with van der Waals surface area (Å²) in [6.45, 7) is 0.168. The van der Waals surface area contributed by atoms with Gasteiger partial charge in [0.2, 0.25) is 10.0 Å². The summed E-state index contributed by atoms with van der Waals surface area (Å²) in [6, 6.07) is 12.5. The van der Waals surface area contributed by atoms with Crippen molar-refractivity contribution in [2.75, 3.05) is 0 Å². The largest absolute Gasteiger partial charge is 0.431 e. The van der Waals surface area contributed by atoms with Crippen molar-refractivity contribution >= 4 is 21.4 Å². The number of thiazole rings is 1. The minimum atomic E-state index is -3.51. The number of hydrogen-bond acceptors (Lipinski definition) is 5. The van der Waals surface area contributed by atoms with Gasteiger partial charge in [-0.3, -0.25) is 0 Å². The van der Waals surface area contributed by atoms with E-state index in [-0.39, 0.29) is 12.3 Å². The molecule has 3 aromatic rings. The van der Waals surface area contributed by atoms with Gasteiger partial charge in [0.25, 0.3) is 5.19 Å². The molecule has 130 valence electrons. The third kappa shape index (κ3) is 5.35. The first-order valence-electron chi connectivity index (χ1n) is 7.38. The lowest BCUT2D eigenvalue weighted by atomic mass is 10.2. The van der Waals surface area contributed by atoms with Gasteiger partial charge in [0.05, 0.1) is 5.75 Å². The second kappa shape index (κ2) is 7.73. The maximum Gasteiger partial charge on any atom is 0.278 e. The van der Waals surface area contributed by atoms with E-state index >= 15 is 0 Å². The molecule has 0 radical (unpaired) electrons. The minimum Gasteiger partial charge on any atom is -0.431 e. The predicted molar refractivity (Wildman–Crippen MR) is 94.5 cm³/mol. The Morgan fingerprint density at radius 2 is 1.72 bits per heavy atom. The first kappa shape index (κ1) is 17.5. The molecule has 2 aromatic carbocycles. The van der Waals surface area contributed by atoms with E-state index < -0.39 is 15.8 Å². The quantitative estimate of drug-likeness (QED) is 0.681. The van der Waals surface area contributed by atoms with Crippen molar-refractivity contribution in [3.63, 3.8) is 0 Å². The molecule has 8 heteroatoms. The SMILES string of the molecule is O=S(=O)(Cc1ccc(F)cc1)NCc1ccc(Oc2nccs2)cc1. The second-order valence-corrected chi connectivity index (χ2v) is 7.91. The van der Waals surface area contributed by atoms with E-state index in [1.807, 2.05) is 5.38 Å². The minimum absolute atomic E-state index is 0.168. The van der Waals surface area contributed by atoms with Crippen molar-refractivity contribution in [3.8, 4) is 10.9 Å². The van der Waals surface area contributed by atoms with E-state index in [0.717, 1.165) is 5.56 Å². The molecule has 0 spiro atoms. The molecule has 0 aliphatic rings. The number of halogens is 1. The molecule has 5 nitrogen and oxygen atoms in total. The van der Waals surface area contributed by atoms with Crippen LogP contribution in [0.15, 0.2) is 60.1 Å². The fourth-order valence-electron chi connectivity index (χ4n) is 2.08. The van der Waals surface area contributed by atoms with Crippen molar-refractivity contribution < 1.29 is 17.5 Å². The van der Waals surface area contributed by atoms with Crippen LogP contribution < -0.4 is 9.46 Å². The first-order chi connectivity index (χ1) is 12.0. The number of rotatable bonds is 7. The lowest BCUT2D eigenvalue weighted by Crippen LogP contribution is -2.24. The molecule has 0 unspecified atom stereocenters. The van der Waals surface area contributed by atoms with Crippen molar-refractivity contribution in [1.82, 2.24) is 9.71 Å². The number of sulfonamides is 1. The van der Waals surface area contributed by atoms with Crippen LogP contribution in [0.2, 0.25) is 0 Å². The zero-order valence-electron chi connectivity index (χ0n) is 13.1. The van der Waals surface area contributed by atoms with Crippen LogP contribution in [0.4, 0.5) is 4.39 Å². The molecule has 0 aliphatic carbocycles. The van der Waals surface area contributed by atoms with Crippen LogP contribution in [-0.4, -0.2) is 13.4 Å². The van der Waals surface area contributed by atoms with E-state index in [9.17, 15) is 12.8 Å². The molecule has 25 heavy (non-hydrogen) atoms. The number of ether oxygens (including phenoxy) is 1. The highest BCUT2D eigenvalue weighted by molar-refractivity contribution is 7.88. The van der Waals surface area contributed by atoms with Gasteiger partial charge in [0, 0.05) is 18.1 Å². The monoisotopic (exact) mass is 378 g/mol. The number of nitrogens with zero attached hydrogens (tertiary/aromatic N) is 1. The zero-order chi connectivity index (χ0) is 17.7. The summed E-state index contributed by atoms with van der Waals surface area (Å²) in [5, 5.41) is 2.37. The molecule has 0 fully saturated rings. The van der Waals surface area contributed by atoms with Crippen molar-refractivity contribution in [3.05, 3.63) is 77.1 Å². The van der Waals surface area contributed by atoms with Gasteiger partial charge in [-0.05, 0) is 35.4 Å². The lowest BCUT2D eigenvalue weighted by Gasteiger charge is -2.08. The Bertz CT molecular complexity index is 910. The molecule has 0 atom stereocenters. The van der Waals surface area contributed by atoms with Gasteiger partial charge in [-0.1, -0.05) is 35.6 Å². The number of hydrogen-bond donors (Lipinski definition) is 1. The summed E-state index contributed by atoms with van der Waals surface area (Å²) in [5.74, 6) is 0.0421. The molecule has 0 amide bonds. The summed E-state index contributed by atoms with van der Waals surface area (Å²) >= 11 is 1.39. The molecule has 0 aliphatic heterocycles. The lowest BCUT2D eigenvalue weighted by molar-refractivity contribution is 0.478. The van der Waals surface area contributed by atoms with Gasteiger partial charge >= 0.3 is 0 Å². The van der Waals surface area contributed by atoms with Gasteiger partial charge in [0.15, 0.2) is 0 Å². The Hall–Kier alpha value is -2.29. The van der Waals surface area contributed by atoms with Crippen LogP contribution in [0.1, 0.15) is 11.1 Å². The van der Waals surface area contributed by atoms with E-state index in [4.69, 9.17) is 4.74 Å². The molecule has 0 bridgehead atoms. The highest BCUT2D eigenvalue weighted by atomic mass is 32.2. The average Bonchev–Trinajstić information content (AvgIpc) is 3.09. The highest BCUT2D eigenvalue weighted by Crippen LogP contribution is 2.23. The second-order valence-electron chi connectivity index (χ2n) is 5.25. The van der Waals surface area contributed by atoms with Gasteiger partial charge in [0.1, 0.15) is 11.6 Å². The molecule has 0 saturated carbocycles. The van der Waals surface area contributed by atoms with Crippen molar-refractivity contribution in [1.29, 1.82) is 0 Å². The van der Waals surface area contributed by atoms with Crippen molar-refractivity contribution in [2.24, 2.45) is 0 Å². The van der Waals surface area contributed by atoms with Gasteiger partial charge < -0.3 is 4.74 Å². The normalized spacial score (nSPS) is 11.4. The Labute approximate surface area is 149 Å². The van der Waals surface area contributed by atoms with E-state index in [0.29, 0.717) is 16.5 Å². The van der Waals surface area contributed by atoms with Crippen LogP contribution in [0.3, 0.4) is 0 Å². The molecule has 1 N–H and O–H groups in total. The fourth-order valence-corrected chi connectivity index (χ4v) is 3.71. The van der Waals surface area contributed by atoms with Crippen LogP contribution in [0.25, 0.3) is 0 Å².